The first-order chi connectivity index (χ1) is 29.9. The van der Waals surface area contributed by atoms with Crippen molar-refractivity contribution in [2.45, 2.75) is 45.2 Å². The number of nitrogens with one attached hydrogen (secondary N) is 2. The van der Waals surface area contributed by atoms with Crippen molar-refractivity contribution in [2.24, 2.45) is 0 Å². The van der Waals surface area contributed by atoms with Gasteiger partial charge in [0.15, 0.2) is 0 Å². The summed E-state index contributed by atoms with van der Waals surface area (Å²) in [6.07, 6.45) is 9.93. The van der Waals surface area contributed by atoms with E-state index in [1.807, 2.05) is 12.2 Å². The molecule has 0 fully saturated rings. The van der Waals surface area contributed by atoms with Crippen LogP contribution in [0, 0.1) is 5.41 Å². The van der Waals surface area contributed by atoms with Gasteiger partial charge in [0.2, 0.25) is 0 Å². The normalized spacial score (nSPS) is 10.8. The van der Waals surface area contributed by atoms with Gasteiger partial charge >= 0.3 is 25.7 Å². The molecule has 0 aliphatic carbocycles. The molecule has 6 aromatic rings. The first-order valence-electron chi connectivity index (χ1n) is 18.4. The third kappa shape index (κ3) is 16.0. The molecule has 324 valence electrons. The fraction of sp³-hybridized carbons (Fsp3) is 0.159. The molecule has 0 amide bonds. The Morgan fingerprint density at radius 2 is 1.43 bits per heavy atom. The van der Waals surface area contributed by atoms with E-state index in [4.69, 9.17) is 35.7 Å². The molecule has 0 saturated carbocycles. The van der Waals surface area contributed by atoms with Crippen molar-refractivity contribution in [3.63, 3.8) is 0 Å². The number of aryl methyl sites for hydroxylation is 1. The first kappa shape index (κ1) is 50.7. The quantitative estimate of drug-likeness (QED) is 0.0300. The molecule has 0 radical (unpaired) electrons. The Kier molecular flexibility index (Phi) is 20.9. The first-order valence-corrected chi connectivity index (χ1v) is 19.7. The summed E-state index contributed by atoms with van der Waals surface area (Å²) in [6.45, 7) is 3.18. The van der Waals surface area contributed by atoms with Crippen molar-refractivity contribution in [2.75, 3.05) is 0 Å². The van der Waals surface area contributed by atoms with Crippen LogP contribution in [0.2, 0.25) is 0 Å². The number of ether oxygens (including phenoxy) is 3. The van der Waals surface area contributed by atoms with Crippen LogP contribution in [0.25, 0.3) is 62.5 Å². The van der Waals surface area contributed by atoms with Crippen molar-refractivity contribution in [1.29, 1.82) is 5.41 Å². The number of pyridine rings is 4. The van der Waals surface area contributed by atoms with E-state index < -0.39 is 17.6 Å². The molecule has 2 N–H and O–H groups in total. The number of hydrogen-bond donors (Lipinski definition) is 1. The van der Waals surface area contributed by atoms with E-state index in [0.717, 1.165) is 22.2 Å². The second kappa shape index (κ2) is 26.0. The van der Waals surface area contributed by atoms with Gasteiger partial charge in [-0.25, -0.2) is 4.98 Å². The van der Waals surface area contributed by atoms with Crippen LogP contribution in [0.3, 0.4) is 0 Å². The summed E-state index contributed by atoms with van der Waals surface area (Å²) in [5.41, 5.74) is 8.43. The van der Waals surface area contributed by atoms with Crippen LogP contribution in [0.4, 0.5) is 13.2 Å². The monoisotopic (exact) mass is 981 g/mol. The predicted octanol–water partition coefficient (Wildman–Crippen LogP) is 11.0. The number of unbranched alkanes of at least 4 members (excludes halogenated alkanes) is 3. The van der Waals surface area contributed by atoms with Crippen LogP contribution in [-0.2, 0) is 40.3 Å². The number of allylic oxidation sites excluding steroid dienone is 1. The number of fused-ring (bicyclic) bond motifs is 1. The molecular formula is C44H36F3N7O6RuS2. The number of carbonyl (C=O) groups is 3. The van der Waals surface area contributed by atoms with E-state index in [9.17, 15) is 27.6 Å². The molecular weight excluding hydrogens is 945 g/mol. The van der Waals surface area contributed by atoms with Crippen LogP contribution in [0.5, 0.6) is 17.2 Å². The fourth-order valence-electron chi connectivity index (χ4n) is 5.56. The van der Waals surface area contributed by atoms with E-state index in [1.54, 1.807) is 59.9 Å². The van der Waals surface area contributed by atoms with Crippen molar-refractivity contribution in [3.05, 3.63) is 130 Å². The summed E-state index contributed by atoms with van der Waals surface area (Å²) in [4.78, 5) is 51.8. The van der Waals surface area contributed by atoms with Gasteiger partial charge in [-0.15, -0.1) is 17.0 Å². The van der Waals surface area contributed by atoms with E-state index in [-0.39, 0.29) is 25.2 Å². The molecule has 6 rings (SSSR count). The van der Waals surface area contributed by atoms with Crippen molar-refractivity contribution in [1.82, 2.24) is 19.9 Å². The van der Waals surface area contributed by atoms with E-state index >= 15 is 0 Å². The van der Waals surface area contributed by atoms with E-state index in [1.165, 1.54) is 66.4 Å². The molecule has 0 bridgehead atoms. The standard InChI is InChI=1S/C22H13N3O6.C21H23F3N3S.CNS.Ru/c26-11-29-15-1-2-18-14(7-15)8-20(19-9-16(30-12-27)3-5-23-19)25-22(18)21-10-17(31-13-28)4-6-24-21;1-2-3-4-5-6-16-9-10-17(28-16)8-7-15-11-12-27-19(13-15)18(25)14-20(26)21(22,23)24;2-1-3;/h1-13H;7-14,25-26H,2-6H2,1H3;;/q;2*-1;+2/b;8-7+,18-14-,26-20?;;. The van der Waals surface area contributed by atoms with Crippen LogP contribution in [0.1, 0.15) is 53.6 Å². The van der Waals surface area contributed by atoms with Gasteiger partial charge in [0.25, 0.3) is 19.4 Å². The van der Waals surface area contributed by atoms with Gasteiger partial charge < -0.3 is 25.4 Å². The summed E-state index contributed by atoms with van der Waals surface area (Å²) in [7, 11) is 0. The molecule has 0 atom stereocenters. The number of nitrogens with zero attached hydrogens (tertiary/aromatic N) is 5. The number of carbonyl (C=O) groups excluding carboxylic acids is 3. The Bertz CT molecular complexity index is 2600. The number of alkyl halides is 3. The molecule has 0 unspecified atom stereocenters. The minimum Gasteiger partial charge on any atom is -0.753 e. The maximum absolute atomic E-state index is 12.4. The zero-order valence-electron chi connectivity index (χ0n) is 33.1. The molecule has 1 aromatic carbocycles. The maximum Gasteiger partial charge on any atom is 2.00 e. The zero-order chi connectivity index (χ0) is 44.9. The van der Waals surface area contributed by atoms with Gasteiger partial charge in [-0.05, 0) is 96.6 Å². The van der Waals surface area contributed by atoms with E-state index in [0.29, 0.717) is 70.9 Å². The van der Waals surface area contributed by atoms with E-state index in [2.05, 4.69) is 46.2 Å². The third-order valence-corrected chi connectivity index (χ3v) is 9.49. The molecule has 0 spiro atoms. The van der Waals surface area contributed by atoms with Crippen LogP contribution >= 0.6 is 23.6 Å². The van der Waals surface area contributed by atoms with Crippen molar-refractivity contribution in [3.8, 4) is 40.0 Å². The Morgan fingerprint density at radius 3 is 2.06 bits per heavy atom. The molecule has 19 heteroatoms. The third-order valence-electron chi connectivity index (χ3n) is 8.38. The fourth-order valence-corrected chi connectivity index (χ4v) is 6.52. The predicted molar refractivity (Wildman–Crippen MR) is 236 cm³/mol. The zero-order valence-corrected chi connectivity index (χ0v) is 36.5. The Hall–Kier alpha value is -6.65. The number of aromatic nitrogens is 4. The Morgan fingerprint density at radius 1 is 0.810 bits per heavy atom. The molecule has 0 saturated heterocycles. The van der Waals surface area contributed by atoms with Crippen LogP contribution in [-0.4, -0.2) is 56.4 Å². The maximum atomic E-state index is 12.4. The molecule has 0 aliphatic rings. The summed E-state index contributed by atoms with van der Waals surface area (Å²) in [6, 6.07) is 20.5. The van der Waals surface area contributed by atoms with Gasteiger partial charge in [-0.3, -0.25) is 34.7 Å². The number of isothiocyanates is 1. The molecule has 13 nitrogen and oxygen atoms in total. The summed E-state index contributed by atoms with van der Waals surface area (Å²) < 4.78 is 52.1. The van der Waals surface area contributed by atoms with Gasteiger partial charge in [0.1, 0.15) is 23.0 Å². The molecule has 5 heterocycles. The van der Waals surface area contributed by atoms with Gasteiger partial charge in [-0.2, -0.15) is 18.3 Å². The number of benzene rings is 1. The minimum absolute atomic E-state index is 0. The number of thiophene rings is 1. The van der Waals surface area contributed by atoms with Gasteiger partial charge in [-0.1, -0.05) is 44.5 Å². The number of rotatable bonds is 17. The summed E-state index contributed by atoms with van der Waals surface area (Å²) >= 11 is 5.43. The summed E-state index contributed by atoms with van der Waals surface area (Å²) in [5.74, 6) is 0.962. The summed E-state index contributed by atoms with van der Waals surface area (Å²) in [5, 5.41) is 16.9. The smallest absolute Gasteiger partial charge is 0.753 e. The molecule has 0 aliphatic heterocycles. The topological polar surface area (TPSA) is 200 Å². The SMILES string of the molecule is CCCCCCc1ccc(/C=C/c2ccnc(/C([NH-])=C/C(=N)C(F)(F)F)c2)s1.O=COc1ccnc(-c2cc3cc(OC=O)ccc3c(-c3cc(OC=O)ccn3)n2)c1.[N-]=C=S.[Ru+2]. The van der Waals surface area contributed by atoms with Crippen LogP contribution in [0.15, 0.2) is 97.5 Å². The Labute approximate surface area is 382 Å². The molecule has 63 heavy (non-hydrogen) atoms. The van der Waals surface area contributed by atoms with Gasteiger partial charge in [0, 0.05) is 51.6 Å². The Balaban J connectivity index is 0.000000313. The number of hydrogen-bond acceptors (Lipinski definition) is 13. The second-order valence-electron chi connectivity index (χ2n) is 12.6. The van der Waals surface area contributed by atoms with Crippen LogP contribution < -0.4 is 14.2 Å². The number of thiocarbonyl (C=S) groups is 1. The second-order valence-corrected chi connectivity index (χ2v) is 14.0. The largest absolute Gasteiger partial charge is 2.00 e. The number of halogens is 3. The van der Waals surface area contributed by atoms with Crippen molar-refractivity contribution >= 4 is 82.5 Å². The average molecular weight is 981 g/mol. The molecule has 5 aromatic heterocycles. The van der Waals surface area contributed by atoms with Crippen molar-refractivity contribution < 1.29 is 61.2 Å². The average Bonchev–Trinajstić information content (AvgIpc) is 3.72. The van der Waals surface area contributed by atoms with Gasteiger partial charge in [0.05, 0.1) is 22.8 Å². The minimum atomic E-state index is -4.77.